The zero-order chi connectivity index (χ0) is 14.4. The fraction of sp³-hybridized carbons (Fsp3) is 0.389. The first-order valence-corrected chi connectivity index (χ1v) is 7.34. The molecule has 0 fully saturated rings. The van der Waals surface area contributed by atoms with Gasteiger partial charge in [0.2, 0.25) is 0 Å². The second kappa shape index (κ2) is 7.20. The van der Waals surface area contributed by atoms with Crippen LogP contribution < -0.4 is 5.32 Å². The van der Waals surface area contributed by atoms with E-state index in [1.54, 1.807) is 0 Å². The van der Waals surface area contributed by atoms with Gasteiger partial charge in [-0.2, -0.15) is 0 Å². The highest BCUT2D eigenvalue weighted by molar-refractivity contribution is 5.20. The summed E-state index contributed by atoms with van der Waals surface area (Å²) >= 11 is 0. The first kappa shape index (κ1) is 14.7. The highest BCUT2D eigenvalue weighted by Gasteiger charge is 2.14. The Hall–Kier alpha value is -1.67. The fourth-order valence-corrected chi connectivity index (χ4v) is 2.41. The summed E-state index contributed by atoms with van der Waals surface area (Å²) in [7, 11) is 0. The predicted molar refractivity (Wildman–Crippen MR) is 84.7 cm³/mol. The molecule has 0 bridgehead atoms. The minimum Gasteiger partial charge on any atom is -0.312 e. The smallest absolute Gasteiger partial charge is 0.0372 e. The lowest BCUT2D eigenvalue weighted by molar-refractivity contribution is 0.461. The topological polar surface area (TPSA) is 24.9 Å². The van der Waals surface area contributed by atoms with E-state index in [-0.39, 0.29) is 0 Å². The van der Waals surface area contributed by atoms with Crippen LogP contribution in [0.25, 0.3) is 0 Å². The molecule has 0 aliphatic carbocycles. The van der Waals surface area contributed by atoms with Crippen LogP contribution in [0.1, 0.15) is 36.6 Å². The molecule has 2 aromatic rings. The van der Waals surface area contributed by atoms with Crippen molar-refractivity contribution < 1.29 is 0 Å². The van der Waals surface area contributed by atoms with Crippen LogP contribution >= 0.6 is 0 Å². The van der Waals surface area contributed by atoms with E-state index >= 15 is 0 Å². The number of rotatable bonds is 6. The summed E-state index contributed by atoms with van der Waals surface area (Å²) in [6, 6.07) is 15.0. The number of pyridine rings is 1. The molecule has 0 saturated carbocycles. The minimum atomic E-state index is 0.551. The van der Waals surface area contributed by atoms with Gasteiger partial charge in [-0.15, -0.1) is 0 Å². The highest BCUT2D eigenvalue weighted by atomic mass is 14.9. The van der Waals surface area contributed by atoms with Gasteiger partial charge in [0.25, 0.3) is 0 Å². The monoisotopic (exact) mass is 268 g/mol. The molecular weight excluding hydrogens is 244 g/mol. The van der Waals surface area contributed by atoms with Crippen molar-refractivity contribution in [3.05, 3.63) is 65.5 Å². The maximum absolute atomic E-state index is 4.33. The zero-order valence-electron chi connectivity index (χ0n) is 12.6. The Labute approximate surface area is 122 Å². The molecule has 1 atom stereocenters. The lowest BCUT2D eigenvalue weighted by atomic mass is 9.88. The third-order valence-electron chi connectivity index (χ3n) is 3.70. The van der Waals surface area contributed by atoms with Gasteiger partial charge >= 0.3 is 0 Å². The second-order valence-electron chi connectivity index (χ2n) is 5.70. The summed E-state index contributed by atoms with van der Waals surface area (Å²) in [6.45, 7) is 8.46. The molecule has 0 amide bonds. The van der Waals surface area contributed by atoms with Gasteiger partial charge in [-0.3, -0.25) is 4.98 Å². The first-order valence-electron chi connectivity index (χ1n) is 7.34. The van der Waals surface area contributed by atoms with Gasteiger partial charge in [-0.1, -0.05) is 50.2 Å². The van der Waals surface area contributed by atoms with E-state index in [0.29, 0.717) is 11.8 Å². The zero-order valence-corrected chi connectivity index (χ0v) is 12.6. The number of hydrogen-bond acceptors (Lipinski definition) is 2. The molecular formula is C18H24N2. The van der Waals surface area contributed by atoms with Crippen molar-refractivity contribution in [2.24, 2.45) is 5.92 Å². The molecule has 1 aromatic carbocycles. The molecule has 1 heterocycles. The van der Waals surface area contributed by atoms with Crippen LogP contribution in [0.3, 0.4) is 0 Å². The van der Waals surface area contributed by atoms with Gasteiger partial charge in [0, 0.05) is 25.0 Å². The minimum absolute atomic E-state index is 0.551. The average molecular weight is 268 g/mol. The quantitative estimate of drug-likeness (QED) is 0.859. The van der Waals surface area contributed by atoms with Crippen LogP contribution in [0.15, 0.2) is 48.7 Å². The average Bonchev–Trinajstić information content (AvgIpc) is 2.46. The molecule has 0 aliphatic heterocycles. The van der Waals surface area contributed by atoms with Gasteiger partial charge in [0.1, 0.15) is 0 Å². The van der Waals surface area contributed by atoms with Crippen molar-refractivity contribution in [2.75, 3.05) is 6.54 Å². The van der Waals surface area contributed by atoms with E-state index in [4.69, 9.17) is 0 Å². The Kier molecular flexibility index (Phi) is 5.31. The van der Waals surface area contributed by atoms with Crippen molar-refractivity contribution in [1.29, 1.82) is 0 Å². The fourth-order valence-electron chi connectivity index (χ4n) is 2.41. The van der Waals surface area contributed by atoms with E-state index in [1.165, 1.54) is 11.1 Å². The number of aromatic nitrogens is 1. The SMILES string of the molecule is Cc1ccc(CNCC(c2ccccc2)C(C)C)cn1. The Bertz CT molecular complexity index is 503. The van der Waals surface area contributed by atoms with Crippen LogP contribution in [0, 0.1) is 12.8 Å². The second-order valence-corrected chi connectivity index (χ2v) is 5.70. The van der Waals surface area contributed by atoms with Crippen molar-refractivity contribution in [1.82, 2.24) is 10.3 Å². The number of nitrogens with one attached hydrogen (secondary N) is 1. The molecule has 2 rings (SSSR count). The number of hydrogen-bond donors (Lipinski definition) is 1. The molecule has 1 unspecified atom stereocenters. The van der Waals surface area contributed by atoms with Crippen LogP contribution in [0.2, 0.25) is 0 Å². The summed E-state index contributed by atoms with van der Waals surface area (Å²) in [4.78, 5) is 4.33. The van der Waals surface area contributed by atoms with Gasteiger partial charge in [-0.25, -0.2) is 0 Å². The maximum atomic E-state index is 4.33. The van der Waals surface area contributed by atoms with E-state index in [0.717, 1.165) is 18.8 Å². The van der Waals surface area contributed by atoms with Gasteiger partial charge in [0.05, 0.1) is 0 Å². The van der Waals surface area contributed by atoms with Crippen LogP contribution in [0.5, 0.6) is 0 Å². The van der Waals surface area contributed by atoms with Crippen molar-refractivity contribution in [3.8, 4) is 0 Å². The van der Waals surface area contributed by atoms with Crippen molar-refractivity contribution >= 4 is 0 Å². The normalized spacial score (nSPS) is 12.6. The van der Waals surface area contributed by atoms with E-state index < -0.39 is 0 Å². The Morgan fingerprint density at radius 2 is 1.80 bits per heavy atom. The van der Waals surface area contributed by atoms with E-state index in [1.807, 2.05) is 13.1 Å². The molecule has 2 nitrogen and oxygen atoms in total. The van der Waals surface area contributed by atoms with Crippen molar-refractivity contribution in [2.45, 2.75) is 33.2 Å². The Morgan fingerprint density at radius 1 is 1.05 bits per heavy atom. The molecule has 0 saturated heterocycles. The summed E-state index contributed by atoms with van der Waals surface area (Å²) < 4.78 is 0. The molecule has 106 valence electrons. The standard InChI is InChI=1S/C18H24N2/c1-14(2)18(17-7-5-4-6-8-17)13-19-11-16-10-9-15(3)20-12-16/h4-10,12,14,18-19H,11,13H2,1-3H3. The molecule has 1 aromatic heterocycles. The number of aryl methyl sites for hydroxylation is 1. The molecule has 0 radical (unpaired) electrons. The number of benzene rings is 1. The van der Waals surface area contributed by atoms with E-state index in [2.05, 4.69) is 66.6 Å². The van der Waals surface area contributed by atoms with Crippen LogP contribution in [-0.2, 0) is 6.54 Å². The summed E-state index contributed by atoms with van der Waals surface area (Å²) in [5, 5.41) is 3.56. The maximum Gasteiger partial charge on any atom is 0.0372 e. The summed E-state index contributed by atoms with van der Waals surface area (Å²) in [5.74, 6) is 1.18. The largest absolute Gasteiger partial charge is 0.312 e. The molecule has 2 heteroatoms. The highest BCUT2D eigenvalue weighted by Crippen LogP contribution is 2.23. The summed E-state index contributed by atoms with van der Waals surface area (Å²) in [6.07, 6.45) is 1.95. The third kappa shape index (κ3) is 4.17. The molecule has 1 N–H and O–H groups in total. The van der Waals surface area contributed by atoms with Crippen LogP contribution in [-0.4, -0.2) is 11.5 Å². The molecule has 0 aliphatic rings. The summed E-state index contributed by atoms with van der Waals surface area (Å²) in [5.41, 5.74) is 3.72. The molecule has 0 spiro atoms. The van der Waals surface area contributed by atoms with Gasteiger partial charge in [-0.05, 0) is 36.0 Å². The molecule has 20 heavy (non-hydrogen) atoms. The Morgan fingerprint density at radius 3 is 2.40 bits per heavy atom. The Balaban J connectivity index is 1.91. The van der Waals surface area contributed by atoms with E-state index in [9.17, 15) is 0 Å². The predicted octanol–water partition coefficient (Wildman–Crippen LogP) is 3.92. The third-order valence-corrected chi connectivity index (χ3v) is 3.70. The van der Waals surface area contributed by atoms with Crippen molar-refractivity contribution in [3.63, 3.8) is 0 Å². The van der Waals surface area contributed by atoms with Gasteiger partial charge < -0.3 is 5.32 Å². The van der Waals surface area contributed by atoms with Crippen LogP contribution in [0.4, 0.5) is 0 Å². The lowest BCUT2D eigenvalue weighted by Gasteiger charge is -2.22. The number of nitrogens with zero attached hydrogens (tertiary/aromatic N) is 1. The first-order chi connectivity index (χ1) is 9.66. The van der Waals surface area contributed by atoms with Gasteiger partial charge in [0.15, 0.2) is 0 Å². The lowest BCUT2D eigenvalue weighted by Crippen LogP contribution is -2.24.